The van der Waals surface area contributed by atoms with Gasteiger partial charge in [0.05, 0.1) is 12.8 Å². The minimum absolute atomic E-state index is 0.222. The van der Waals surface area contributed by atoms with Crippen LogP contribution in [0.15, 0.2) is 42.5 Å². The number of anilines is 1. The number of rotatable bonds is 4. The number of nitrogens with one attached hydrogen (secondary N) is 1. The van der Waals surface area contributed by atoms with Gasteiger partial charge in [0.1, 0.15) is 10.7 Å². The normalized spacial score (nSPS) is 10.0. The van der Waals surface area contributed by atoms with Crippen molar-refractivity contribution in [2.45, 2.75) is 6.92 Å². The molecule has 21 heavy (non-hydrogen) atoms. The van der Waals surface area contributed by atoms with Gasteiger partial charge in [0.15, 0.2) is 0 Å². The highest BCUT2D eigenvalue weighted by Crippen LogP contribution is 2.21. The van der Waals surface area contributed by atoms with Crippen LogP contribution in [-0.4, -0.2) is 18.0 Å². The molecule has 0 aliphatic heterocycles. The number of aryl methyl sites for hydroxylation is 1. The van der Waals surface area contributed by atoms with Gasteiger partial charge in [-0.1, -0.05) is 24.4 Å². The van der Waals surface area contributed by atoms with Crippen molar-refractivity contribution in [3.8, 4) is 5.75 Å². The van der Waals surface area contributed by atoms with Crippen LogP contribution in [0.4, 0.5) is 5.69 Å². The largest absolute Gasteiger partial charge is 0.497 e. The van der Waals surface area contributed by atoms with Gasteiger partial charge in [0.25, 0.3) is 5.91 Å². The molecule has 0 radical (unpaired) electrons. The lowest BCUT2D eigenvalue weighted by atomic mass is 10.1. The van der Waals surface area contributed by atoms with Crippen molar-refractivity contribution in [3.05, 3.63) is 59.2 Å². The number of methoxy groups -OCH3 is 1. The van der Waals surface area contributed by atoms with E-state index in [1.807, 2.05) is 19.1 Å². The van der Waals surface area contributed by atoms with Gasteiger partial charge in [-0.15, -0.1) is 0 Å². The molecule has 0 aromatic heterocycles. The fourth-order valence-electron chi connectivity index (χ4n) is 2.04. The van der Waals surface area contributed by atoms with E-state index in [4.69, 9.17) is 22.7 Å². The summed E-state index contributed by atoms with van der Waals surface area (Å²) in [7, 11) is 1.58. The number of nitrogens with two attached hydrogens (primary N) is 1. The van der Waals surface area contributed by atoms with Gasteiger partial charge in [0, 0.05) is 11.1 Å². The predicted octanol–water partition coefficient (Wildman–Crippen LogP) is 2.89. The van der Waals surface area contributed by atoms with Gasteiger partial charge in [-0.2, -0.15) is 0 Å². The zero-order valence-electron chi connectivity index (χ0n) is 11.8. The van der Waals surface area contributed by atoms with Gasteiger partial charge in [-0.3, -0.25) is 4.79 Å². The molecule has 5 heteroatoms. The Morgan fingerprint density at radius 1 is 1.19 bits per heavy atom. The Kier molecular flexibility index (Phi) is 4.55. The first-order chi connectivity index (χ1) is 10.0. The molecular formula is C16H16N2O2S. The molecule has 3 N–H and O–H groups in total. The van der Waals surface area contributed by atoms with E-state index in [1.165, 1.54) is 0 Å². The predicted molar refractivity (Wildman–Crippen MR) is 88.0 cm³/mol. The topological polar surface area (TPSA) is 64.3 Å². The number of thiocarbonyl (C=S) groups is 1. The quantitative estimate of drug-likeness (QED) is 0.852. The number of carbonyl (C=O) groups excluding carboxylic acids is 1. The third-order valence-electron chi connectivity index (χ3n) is 3.12. The molecule has 0 saturated carbocycles. The third-order valence-corrected chi connectivity index (χ3v) is 3.32. The highest BCUT2D eigenvalue weighted by atomic mass is 32.1. The first-order valence-corrected chi connectivity index (χ1v) is 6.78. The van der Waals surface area contributed by atoms with E-state index in [1.54, 1.807) is 37.4 Å². The summed E-state index contributed by atoms with van der Waals surface area (Å²) in [6, 6.07) is 12.4. The Hall–Kier alpha value is -2.40. The highest BCUT2D eigenvalue weighted by molar-refractivity contribution is 7.80. The van der Waals surface area contributed by atoms with Crippen molar-refractivity contribution in [1.29, 1.82) is 0 Å². The Morgan fingerprint density at radius 2 is 1.86 bits per heavy atom. The molecule has 0 unspecified atom stereocenters. The Bertz CT molecular complexity index is 681. The molecule has 0 spiro atoms. The van der Waals surface area contributed by atoms with Gasteiger partial charge in [-0.25, -0.2) is 0 Å². The minimum atomic E-state index is -0.222. The molecule has 0 aliphatic rings. The summed E-state index contributed by atoms with van der Waals surface area (Å²) in [5.41, 5.74) is 8.49. The van der Waals surface area contributed by atoms with Crippen LogP contribution in [0.2, 0.25) is 0 Å². The van der Waals surface area contributed by atoms with Crippen molar-refractivity contribution in [3.63, 3.8) is 0 Å². The molecule has 0 bridgehead atoms. The third kappa shape index (κ3) is 3.38. The van der Waals surface area contributed by atoms with Crippen LogP contribution in [0.3, 0.4) is 0 Å². The average Bonchev–Trinajstić information content (AvgIpc) is 2.47. The standard InChI is InChI=1S/C16H16N2O2S/c1-10-4-3-5-13(14(10)15(17)21)18-16(19)11-6-8-12(20-2)9-7-11/h3-9H,1-2H3,(H2,17,21)(H,18,19). The first-order valence-electron chi connectivity index (χ1n) is 6.37. The van der Waals surface area contributed by atoms with Gasteiger partial charge < -0.3 is 15.8 Å². The van der Waals surface area contributed by atoms with Gasteiger partial charge >= 0.3 is 0 Å². The lowest BCUT2D eigenvalue weighted by molar-refractivity contribution is 0.102. The van der Waals surface area contributed by atoms with Crippen LogP contribution >= 0.6 is 12.2 Å². The summed E-state index contributed by atoms with van der Waals surface area (Å²) in [5.74, 6) is 0.478. The zero-order valence-corrected chi connectivity index (χ0v) is 12.7. The Balaban J connectivity index is 2.27. The van der Waals surface area contributed by atoms with E-state index in [0.29, 0.717) is 22.6 Å². The smallest absolute Gasteiger partial charge is 0.255 e. The summed E-state index contributed by atoms with van der Waals surface area (Å²) in [6.07, 6.45) is 0. The Labute approximate surface area is 128 Å². The molecule has 0 atom stereocenters. The summed E-state index contributed by atoms with van der Waals surface area (Å²) < 4.78 is 5.07. The number of amides is 1. The Morgan fingerprint density at radius 3 is 2.43 bits per heavy atom. The number of hydrogen-bond donors (Lipinski definition) is 2. The molecule has 0 saturated heterocycles. The second kappa shape index (κ2) is 6.37. The molecule has 1 amide bonds. The monoisotopic (exact) mass is 300 g/mol. The SMILES string of the molecule is COc1ccc(C(=O)Nc2cccc(C)c2C(N)=S)cc1. The van der Waals surface area contributed by atoms with E-state index in [2.05, 4.69) is 5.32 Å². The van der Waals surface area contributed by atoms with Crippen LogP contribution in [0.5, 0.6) is 5.75 Å². The van der Waals surface area contributed by atoms with Crippen LogP contribution in [-0.2, 0) is 0 Å². The lowest BCUT2D eigenvalue weighted by Gasteiger charge is -2.12. The summed E-state index contributed by atoms with van der Waals surface area (Å²) in [6.45, 7) is 1.90. The van der Waals surface area contributed by atoms with Crippen molar-refractivity contribution >= 4 is 28.8 Å². The minimum Gasteiger partial charge on any atom is -0.497 e. The number of hydrogen-bond acceptors (Lipinski definition) is 3. The number of carbonyl (C=O) groups is 1. The van der Waals surface area contributed by atoms with Crippen molar-refractivity contribution in [2.24, 2.45) is 5.73 Å². The number of ether oxygens (including phenoxy) is 1. The summed E-state index contributed by atoms with van der Waals surface area (Å²) >= 11 is 5.05. The first kappa shape index (κ1) is 15.0. The fraction of sp³-hybridized carbons (Fsp3) is 0.125. The molecule has 4 nitrogen and oxygen atoms in total. The number of benzene rings is 2. The van der Waals surface area contributed by atoms with E-state index >= 15 is 0 Å². The second-order valence-electron chi connectivity index (χ2n) is 4.54. The maximum absolute atomic E-state index is 12.3. The average molecular weight is 300 g/mol. The van der Waals surface area contributed by atoms with Crippen molar-refractivity contribution in [2.75, 3.05) is 12.4 Å². The maximum Gasteiger partial charge on any atom is 0.255 e. The van der Waals surface area contributed by atoms with E-state index in [9.17, 15) is 4.79 Å². The summed E-state index contributed by atoms with van der Waals surface area (Å²) in [5, 5.41) is 2.84. The van der Waals surface area contributed by atoms with Crippen LogP contribution in [0.1, 0.15) is 21.5 Å². The van der Waals surface area contributed by atoms with Gasteiger partial charge in [-0.05, 0) is 42.8 Å². The van der Waals surface area contributed by atoms with E-state index in [-0.39, 0.29) is 10.9 Å². The molecule has 0 aliphatic carbocycles. The van der Waals surface area contributed by atoms with Crippen LogP contribution in [0, 0.1) is 6.92 Å². The van der Waals surface area contributed by atoms with Crippen LogP contribution < -0.4 is 15.8 Å². The highest BCUT2D eigenvalue weighted by Gasteiger charge is 2.12. The van der Waals surface area contributed by atoms with E-state index in [0.717, 1.165) is 5.56 Å². The molecule has 108 valence electrons. The molecule has 2 aromatic carbocycles. The molecule has 2 aromatic rings. The molecule has 0 fully saturated rings. The summed E-state index contributed by atoms with van der Waals surface area (Å²) in [4.78, 5) is 12.5. The van der Waals surface area contributed by atoms with Gasteiger partial charge in [0.2, 0.25) is 0 Å². The second-order valence-corrected chi connectivity index (χ2v) is 4.98. The maximum atomic E-state index is 12.3. The molecule has 0 heterocycles. The fourth-order valence-corrected chi connectivity index (χ4v) is 2.31. The van der Waals surface area contributed by atoms with Crippen LogP contribution in [0.25, 0.3) is 0 Å². The van der Waals surface area contributed by atoms with E-state index < -0.39 is 0 Å². The van der Waals surface area contributed by atoms with Crippen molar-refractivity contribution in [1.82, 2.24) is 0 Å². The van der Waals surface area contributed by atoms with Crippen molar-refractivity contribution < 1.29 is 9.53 Å². The molecule has 2 rings (SSSR count). The lowest BCUT2D eigenvalue weighted by Crippen LogP contribution is -2.18. The molecular weight excluding hydrogens is 284 g/mol. The zero-order chi connectivity index (χ0) is 15.4.